The normalized spacial score (nSPS) is 10.7. The zero-order chi connectivity index (χ0) is 17.8. The van der Waals surface area contributed by atoms with Gasteiger partial charge in [-0.25, -0.2) is 4.98 Å². The summed E-state index contributed by atoms with van der Waals surface area (Å²) >= 11 is 13.5. The number of carbonyl (C=O) groups is 1. The fraction of sp³-hybridized carbons (Fsp3) is 0.158. The zero-order valence-electron chi connectivity index (χ0n) is 13.6. The molecule has 3 nitrogen and oxygen atoms in total. The van der Waals surface area contributed by atoms with Crippen LogP contribution >= 0.6 is 34.5 Å². The molecule has 0 radical (unpaired) electrons. The maximum atomic E-state index is 12.2. The van der Waals surface area contributed by atoms with Crippen LogP contribution in [0.4, 0.5) is 5.69 Å². The molecule has 0 aliphatic heterocycles. The maximum absolute atomic E-state index is 12.2. The maximum Gasteiger partial charge on any atom is 0.230 e. The average molecular weight is 391 g/mol. The van der Waals surface area contributed by atoms with Crippen molar-refractivity contribution < 1.29 is 4.79 Å². The Labute approximate surface area is 160 Å². The smallest absolute Gasteiger partial charge is 0.230 e. The highest BCUT2D eigenvalue weighted by Crippen LogP contribution is 2.21. The summed E-state index contributed by atoms with van der Waals surface area (Å²) in [6.07, 6.45) is 0.956. The van der Waals surface area contributed by atoms with E-state index in [9.17, 15) is 4.79 Å². The monoisotopic (exact) mass is 390 g/mol. The van der Waals surface area contributed by atoms with Crippen LogP contribution in [-0.4, -0.2) is 10.9 Å². The number of aromatic nitrogens is 1. The van der Waals surface area contributed by atoms with Crippen LogP contribution in [0.25, 0.3) is 0 Å². The van der Waals surface area contributed by atoms with E-state index in [-0.39, 0.29) is 12.3 Å². The lowest BCUT2D eigenvalue weighted by molar-refractivity contribution is -0.115. The van der Waals surface area contributed by atoms with Gasteiger partial charge in [-0.3, -0.25) is 4.79 Å². The first-order chi connectivity index (χ1) is 12.0. The molecule has 25 heavy (non-hydrogen) atoms. The molecule has 0 unspecified atom stereocenters. The van der Waals surface area contributed by atoms with Gasteiger partial charge in [0.05, 0.1) is 17.1 Å². The Bertz CT molecular complexity index is 908. The Kier molecular flexibility index (Phi) is 5.74. The number of hydrogen-bond donors (Lipinski definition) is 1. The molecule has 1 heterocycles. The van der Waals surface area contributed by atoms with E-state index in [1.165, 1.54) is 0 Å². The summed E-state index contributed by atoms with van der Waals surface area (Å²) in [6.45, 7) is 1.91. The van der Waals surface area contributed by atoms with Crippen molar-refractivity contribution in [2.24, 2.45) is 0 Å². The van der Waals surface area contributed by atoms with Gasteiger partial charge in [-0.15, -0.1) is 11.3 Å². The van der Waals surface area contributed by atoms with Crippen molar-refractivity contribution in [1.82, 2.24) is 4.98 Å². The summed E-state index contributed by atoms with van der Waals surface area (Å²) in [5.41, 5.74) is 3.57. The van der Waals surface area contributed by atoms with Crippen LogP contribution in [0.15, 0.2) is 47.8 Å². The second kappa shape index (κ2) is 8.00. The number of nitrogens with one attached hydrogen (secondary N) is 1. The van der Waals surface area contributed by atoms with Crippen molar-refractivity contribution in [3.8, 4) is 0 Å². The van der Waals surface area contributed by atoms with E-state index >= 15 is 0 Å². The van der Waals surface area contributed by atoms with E-state index in [0.717, 1.165) is 27.5 Å². The summed E-state index contributed by atoms with van der Waals surface area (Å²) in [5, 5.41) is 7.16. The molecule has 3 rings (SSSR count). The van der Waals surface area contributed by atoms with E-state index in [1.807, 2.05) is 42.6 Å². The van der Waals surface area contributed by atoms with Gasteiger partial charge in [0.2, 0.25) is 5.91 Å². The van der Waals surface area contributed by atoms with Crippen molar-refractivity contribution in [3.63, 3.8) is 0 Å². The van der Waals surface area contributed by atoms with Crippen LogP contribution in [0.3, 0.4) is 0 Å². The van der Waals surface area contributed by atoms with E-state index in [0.29, 0.717) is 16.5 Å². The van der Waals surface area contributed by atoms with Gasteiger partial charge in [-0.05, 0) is 48.4 Å². The van der Waals surface area contributed by atoms with Gasteiger partial charge in [0.15, 0.2) is 0 Å². The average Bonchev–Trinajstić information content (AvgIpc) is 2.97. The molecule has 0 saturated heterocycles. The topological polar surface area (TPSA) is 42.0 Å². The van der Waals surface area contributed by atoms with Crippen LogP contribution < -0.4 is 5.32 Å². The zero-order valence-corrected chi connectivity index (χ0v) is 15.9. The second-order valence-corrected chi connectivity index (χ2v) is 7.54. The number of amides is 1. The molecular weight excluding hydrogens is 375 g/mol. The lowest BCUT2D eigenvalue weighted by Gasteiger charge is -2.07. The van der Waals surface area contributed by atoms with Gasteiger partial charge >= 0.3 is 0 Å². The number of carbonyl (C=O) groups excluding carboxylic acids is 1. The molecule has 0 spiro atoms. The largest absolute Gasteiger partial charge is 0.326 e. The molecule has 3 aromatic rings. The Morgan fingerprint density at radius 1 is 1.16 bits per heavy atom. The quantitative estimate of drug-likeness (QED) is 0.621. The summed E-state index contributed by atoms with van der Waals surface area (Å²) in [6, 6.07) is 13.1. The molecule has 0 saturated carbocycles. The summed E-state index contributed by atoms with van der Waals surface area (Å²) < 4.78 is 0. The summed E-state index contributed by atoms with van der Waals surface area (Å²) in [5.74, 6) is -0.0926. The van der Waals surface area contributed by atoms with Gasteiger partial charge in [-0.1, -0.05) is 35.3 Å². The molecular formula is C19H16Cl2N2OS. The molecule has 1 aromatic heterocycles. The lowest BCUT2D eigenvalue weighted by atomic mass is 10.1. The summed E-state index contributed by atoms with van der Waals surface area (Å²) in [4.78, 5) is 16.8. The van der Waals surface area contributed by atoms with Crippen molar-refractivity contribution in [1.29, 1.82) is 0 Å². The highest BCUT2D eigenvalue weighted by Gasteiger charge is 2.10. The van der Waals surface area contributed by atoms with Crippen LogP contribution in [0.5, 0.6) is 0 Å². The number of nitrogens with zero attached hydrogens (tertiary/aromatic N) is 1. The molecule has 0 atom stereocenters. The van der Waals surface area contributed by atoms with Crippen molar-refractivity contribution in [3.05, 3.63) is 79.7 Å². The fourth-order valence-corrected chi connectivity index (χ4v) is 3.73. The number of rotatable bonds is 5. The molecule has 0 bridgehead atoms. The van der Waals surface area contributed by atoms with Gasteiger partial charge in [-0.2, -0.15) is 0 Å². The molecule has 1 N–H and O–H groups in total. The molecule has 2 aromatic carbocycles. The number of benzene rings is 2. The molecule has 128 valence electrons. The minimum atomic E-state index is -0.0926. The SMILES string of the molecule is Cc1cc(Cl)ccc1NC(=O)Cc1csc(Cc2cccc(Cl)c2)n1. The van der Waals surface area contributed by atoms with Crippen LogP contribution in [0.1, 0.15) is 21.8 Å². The fourth-order valence-electron chi connectivity index (χ4n) is 2.46. The minimum Gasteiger partial charge on any atom is -0.326 e. The molecule has 0 aliphatic carbocycles. The molecule has 0 aliphatic rings. The lowest BCUT2D eigenvalue weighted by Crippen LogP contribution is -2.15. The number of halogens is 2. The minimum absolute atomic E-state index is 0.0926. The van der Waals surface area contributed by atoms with E-state index in [4.69, 9.17) is 23.2 Å². The van der Waals surface area contributed by atoms with E-state index in [1.54, 1.807) is 23.5 Å². The van der Waals surface area contributed by atoms with Gasteiger partial charge in [0, 0.05) is 27.5 Å². The van der Waals surface area contributed by atoms with Crippen LogP contribution in [-0.2, 0) is 17.6 Å². The predicted molar refractivity (Wildman–Crippen MR) is 105 cm³/mol. The Morgan fingerprint density at radius 2 is 1.96 bits per heavy atom. The van der Waals surface area contributed by atoms with Crippen molar-refractivity contribution >= 4 is 46.1 Å². The molecule has 6 heteroatoms. The summed E-state index contributed by atoms with van der Waals surface area (Å²) in [7, 11) is 0. The number of thiazole rings is 1. The first-order valence-corrected chi connectivity index (χ1v) is 9.37. The van der Waals surface area contributed by atoms with Crippen molar-refractivity contribution in [2.45, 2.75) is 19.8 Å². The third-order valence-electron chi connectivity index (χ3n) is 3.65. The van der Waals surface area contributed by atoms with E-state index < -0.39 is 0 Å². The first kappa shape index (κ1) is 17.9. The second-order valence-electron chi connectivity index (χ2n) is 5.72. The third-order valence-corrected chi connectivity index (χ3v) is 5.02. The Balaban J connectivity index is 1.61. The third kappa shape index (κ3) is 5.05. The van der Waals surface area contributed by atoms with E-state index in [2.05, 4.69) is 10.3 Å². The number of hydrogen-bond acceptors (Lipinski definition) is 3. The van der Waals surface area contributed by atoms with Crippen molar-refractivity contribution in [2.75, 3.05) is 5.32 Å². The van der Waals surface area contributed by atoms with Gasteiger partial charge in [0.1, 0.15) is 0 Å². The highest BCUT2D eigenvalue weighted by atomic mass is 35.5. The Hall–Kier alpha value is -1.88. The van der Waals surface area contributed by atoms with Gasteiger partial charge < -0.3 is 5.32 Å². The van der Waals surface area contributed by atoms with Crippen LogP contribution in [0.2, 0.25) is 10.0 Å². The highest BCUT2D eigenvalue weighted by molar-refractivity contribution is 7.09. The molecule has 1 amide bonds. The molecule has 0 fully saturated rings. The predicted octanol–water partition coefficient (Wildman–Crippen LogP) is 5.53. The Morgan fingerprint density at radius 3 is 2.72 bits per heavy atom. The first-order valence-electron chi connectivity index (χ1n) is 7.73. The van der Waals surface area contributed by atoms with Crippen LogP contribution in [0, 0.1) is 6.92 Å². The number of aryl methyl sites for hydroxylation is 1. The standard InChI is InChI=1S/C19H16Cl2N2OS/c1-12-7-15(21)5-6-17(12)23-18(24)10-16-11-25-19(22-16)9-13-3-2-4-14(20)8-13/h2-8,11H,9-10H2,1H3,(H,23,24). The van der Waals surface area contributed by atoms with Gasteiger partial charge in [0.25, 0.3) is 0 Å². The number of anilines is 1.